The third-order valence-electron chi connectivity index (χ3n) is 4.29. The average molecular weight is 449 g/mol. The van der Waals surface area contributed by atoms with Crippen molar-refractivity contribution < 1.29 is 37.7 Å². The highest BCUT2D eigenvalue weighted by Crippen LogP contribution is 2.34. The van der Waals surface area contributed by atoms with Crippen molar-refractivity contribution in [2.45, 2.75) is 51.4 Å². The second kappa shape index (κ2) is 9.86. The van der Waals surface area contributed by atoms with E-state index in [0.29, 0.717) is 17.2 Å². The standard InChI is InChI=1S/C21H23NO8S/c1-11-5-8-17(26-11)16-7-6-15(9-22-16)30-21-20(29-14(4)25)19(28-13(3)24)18(10-31-21)27-12(2)23/h5-9,18-21H,10H2,1-4H3/t18-,19+,20-,21-/m1/s1. The van der Waals surface area contributed by atoms with Crippen LogP contribution in [0.4, 0.5) is 0 Å². The highest BCUT2D eigenvalue weighted by molar-refractivity contribution is 7.99. The molecule has 2 aromatic rings. The van der Waals surface area contributed by atoms with Gasteiger partial charge in [0.15, 0.2) is 29.5 Å². The number of carbonyl (C=O) groups is 3. The molecule has 0 bridgehead atoms. The van der Waals surface area contributed by atoms with Gasteiger partial charge in [-0.1, -0.05) is 0 Å². The molecule has 0 radical (unpaired) electrons. The van der Waals surface area contributed by atoms with Crippen LogP contribution < -0.4 is 4.74 Å². The molecule has 0 spiro atoms. The number of hydrogen-bond donors (Lipinski definition) is 0. The largest absolute Gasteiger partial charge is 0.474 e. The van der Waals surface area contributed by atoms with Gasteiger partial charge in [-0.15, -0.1) is 11.8 Å². The molecule has 3 rings (SSSR count). The van der Waals surface area contributed by atoms with Crippen molar-refractivity contribution in [3.8, 4) is 17.2 Å². The first-order valence-corrected chi connectivity index (χ1v) is 10.6. The molecule has 0 aliphatic carbocycles. The average Bonchev–Trinajstić information content (AvgIpc) is 3.12. The van der Waals surface area contributed by atoms with E-state index in [2.05, 4.69) is 4.98 Å². The monoisotopic (exact) mass is 449 g/mol. The maximum absolute atomic E-state index is 11.7. The van der Waals surface area contributed by atoms with Gasteiger partial charge in [0.2, 0.25) is 0 Å². The number of rotatable bonds is 6. The van der Waals surface area contributed by atoms with E-state index >= 15 is 0 Å². The molecule has 0 aromatic carbocycles. The van der Waals surface area contributed by atoms with E-state index in [9.17, 15) is 14.4 Å². The first-order valence-electron chi connectivity index (χ1n) is 9.55. The predicted molar refractivity (Wildman–Crippen MR) is 110 cm³/mol. The lowest BCUT2D eigenvalue weighted by atomic mass is 10.1. The van der Waals surface area contributed by atoms with Crippen LogP contribution in [0.25, 0.3) is 11.5 Å². The Balaban J connectivity index is 1.80. The van der Waals surface area contributed by atoms with Crippen molar-refractivity contribution >= 4 is 29.7 Å². The first kappa shape index (κ1) is 22.7. The van der Waals surface area contributed by atoms with E-state index in [1.807, 2.05) is 19.1 Å². The molecular formula is C21H23NO8S. The van der Waals surface area contributed by atoms with Gasteiger partial charge in [-0.3, -0.25) is 14.4 Å². The number of furan rings is 1. The fourth-order valence-electron chi connectivity index (χ4n) is 3.11. The zero-order valence-corrected chi connectivity index (χ0v) is 18.3. The Morgan fingerprint density at radius 1 is 0.968 bits per heavy atom. The number of carbonyl (C=O) groups excluding carboxylic acids is 3. The SMILES string of the molecule is CC(=O)O[C@@H]1[C@@H](OC(C)=O)[C@H](OC(C)=O)CS[C@H]1Oc1ccc(-c2ccc(C)o2)nc1. The van der Waals surface area contributed by atoms with E-state index in [1.165, 1.54) is 38.7 Å². The van der Waals surface area contributed by atoms with Gasteiger partial charge >= 0.3 is 17.9 Å². The van der Waals surface area contributed by atoms with Crippen LogP contribution in [0.15, 0.2) is 34.9 Å². The molecule has 10 heteroatoms. The minimum Gasteiger partial charge on any atom is -0.474 e. The summed E-state index contributed by atoms with van der Waals surface area (Å²) in [5.74, 6) is 0.417. The number of esters is 3. The molecule has 3 heterocycles. The van der Waals surface area contributed by atoms with Gasteiger partial charge in [-0.25, -0.2) is 4.98 Å². The summed E-state index contributed by atoms with van der Waals surface area (Å²) in [6, 6.07) is 7.13. The number of hydrogen-bond acceptors (Lipinski definition) is 10. The lowest BCUT2D eigenvalue weighted by molar-refractivity contribution is -0.186. The maximum Gasteiger partial charge on any atom is 0.303 e. The van der Waals surface area contributed by atoms with E-state index in [0.717, 1.165) is 5.76 Å². The molecule has 1 saturated heterocycles. The smallest absolute Gasteiger partial charge is 0.303 e. The Bertz CT molecular complexity index is 941. The van der Waals surface area contributed by atoms with Crippen LogP contribution in [0.1, 0.15) is 26.5 Å². The number of aromatic nitrogens is 1. The molecule has 166 valence electrons. The van der Waals surface area contributed by atoms with E-state index in [4.69, 9.17) is 23.4 Å². The minimum atomic E-state index is -1.00. The third-order valence-corrected chi connectivity index (χ3v) is 5.50. The molecule has 9 nitrogen and oxygen atoms in total. The van der Waals surface area contributed by atoms with Gasteiger partial charge in [0, 0.05) is 26.5 Å². The molecule has 1 aliphatic rings. The van der Waals surface area contributed by atoms with Gasteiger partial charge in [0.05, 0.1) is 6.20 Å². The summed E-state index contributed by atoms with van der Waals surface area (Å²) in [4.78, 5) is 39.2. The fraction of sp³-hybridized carbons (Fsp3) is 0.429. The molecule has 0 N–H and O–H groups in total. The summed E-state index contributed by atoms with van der Waals surface area (Å²) >= 11 is 1.28. The van der Waals surface area contributed by atoms with Crippen LogP contribution >= 0.6 is 11.8 Å². The fourth-order valence-corrected chi connectivity index (χ4v) is 4.33. The number of nitrogens with zero attached hydrogens (tertiary/aromatic N) is 1. The predicted octanol–water partition coefficient (Wildman–Crippen LogP) is 2.90. The van der Waals surface area contributed by atoms with Crippen LogP contribution in [-0.4, -0.2) is 52.4 Å². The summed E-state index contributed by atoms with van der Waals surface area (Å²) < 4.78 is 27.6. The third kappa shape index (κ3) is 6.00. The molecule has 0 amide bonds. The number of ether oxygens (including phenoxy) is 4. The zero-order chi connectivity index (χ0) is 22.5. The maximum atomic E-state index is 11.7. The highest BCUT2D eigenvalue weighted by Gasteiger charge is 2.47. The van der Waals surface area contributed by atoms with Crippen LogP contribution in [0.5, 0.6) is 5.75 Å². The van der Waals surface area contributed by atoms with Crippen molar-refractivity contribution in [1.82, 2.24) is 4.98 Å². The van der Waals surface area contributed by atoms with Crippen molar-refractivity contribution in [3.63, 3.8) is 0 Å². The second-order valence-electron chi connectivity index (χ2n) is 6.90. The quantitative estimate of drug-likeness (QED) is 0.482. The van der Waals surface area contributed by atoms with Crippen molar-refractivity contribution in [2.75, 3.05) is 5.75 Å². The van der Waals surface area contributed by atoms with Gasteiger partial charge in [-0.05, 0) is 31.2 Å². The minimum absolute atomic E-state index is 0.289. The van der Waals surface area contributed by atoms with Gasteiger partial charge < -0.3 is 23.4 Å². The Morgan fingerprint density at radius 3 is 2.19 bits per heavy atom. The lowest BCUT2D eigenvalue weighted by Gasteiger charge is -2.39. The van der Waals surface area contributed by atoms with Crippen LogP contribution in [0, 0.1) is 6.92 Å². The van der Waals surface area contributed by atoms with Crippen LogP contribution in [0.2, 0.25) is 0 Å². The Hall–Kier alpha value is -3.01. The van der Waals surface area contributed by atoms with Crippen LogP contribution in [-0.2, 0) is 28.6 Å². The topological polar surface area (TPSA) is 114 Å². The normalized spacial score (nSPS) is 23.0. The Labute approximate surface area is 183 Å². The highest BCUT2D eigenvalue weighted by atomic mass is 32.2. The van der Waals surface area contributed by atoms with E-state index in [-0.39, 0.29) is 5.75 Å². The van der Waals surface area contributed by atoms with E-state index in [1.54, 1.807) is 12.1 Å². The Kier molecular flexibility index (Phi) is 7.21. The summed E-state index contributed by atoms with van der Waals surface area (Å²) in [6.07, 6.45) is -1.25. The second-order valence-corrected chi connectivity index (χ2v) is 8.04. The summed E-state index contributed by atoms with van der Waals surface area (Å²) in [5, 5.41) is 0. The molecule has 2 aromatic heterocycles. The first-order chi connectivity index (χ1) is 14.7. The summed E-state index contributed by atoms with van der Waals surface area (Å²) in [6.45, 7) is 5.57. The molecule has 0 unspecified atom stereocenters. The molecule has 0 saturated carbocycles. The number of pyridine rings is 1. The van der Waals surface area contributed by atoms with Crippen molar-refractivity contribution in [3.05, 3.63) is 36.2 Å². The molecule has 1 aliphatic heterocycles. The lowest BCUT2D eigenvalue weighted by Crippen LogP contribution is -2.55. The van der Waals surface area contributed by atoms with Gasteiger partial charge in [0.25, 0.3) is 0 Å². The molecule has 1 fully saturated rings. The molecule has 31 heavy (non-hydrogen) atoms. The van der Waals surface area contributed by atoms with Gasteiger partial charge in [-0.2, -0.15) is 0 Å². The Morgan fingerprint density at radius 2 is 1.65 bits per heavy atom. The molecule has 4 atom stereocenters. The van der Waals surface area contributed by atoms with Crippen molar-refractivity contribution in [1.29, 1.82) is 0 Å². The zero-order valence-electron chi connectivity index (χ0n) is 17.5. The molecular weight excluding hydrogens is 426 g/mol. The van der Waals surface area contributed by atoms with E-state index < -0.39 is 41.7 Å². The number of aryl methyl sites for hydroxylation is 1. The summed E-state index contributed by atoms with van der Waals surface area (Å²) in [7, 11) is 0. The van der Waals surface area contributed by atoms with Gasteiger partial charge in [0.1, 0.15) is 17.2 Å². The summed E-state index contributed by atoms with van der Waals surface area (Å²) in [5.41, 5.74) is -0.0699. The number of thioether (sulfide) groups is 1. The van der Waals surface area contributed by atoms with Crippen molar-refractivity contribution in [2.24, 2.45) is 0 Å². The van der Waals surface area contributed by atoms with Crippen LogP contribution in [0.3, 0.4) is 0 Å².